The second-order valence-corrected chi connectivity index (χ2v) is 2.36. The standard InChI is InChI=1S/C7H6N2O2/c1-5-2-3-6-8-7(10)11-9(6)4-5/h2-4H,1H3. The topological polar surface area (TPSA) is 47.5 Å². The van der Waals surface area contributed by atoms with Gasteiger partial charge in [0.15, 0.2) is 5.65 Å². The van der Waals surface area contributed by atoms with Gasteiger partial charge in [0.2, 0.25) is 0 Å². The zero-order valence-electron chi connectivity index (χ0n) is 5.94. The van der Waals surface area contributed by atoms with Crippen LogP contribution in [0, 0.1) is 6.92 Å². The molecular weight excluding hydrogens is 144 g/mol. The minimum Gasteiger partial charge on any atom is -0.314 e. The molecule has 0 unspecified atom stereocenters. The van der Waals surface area contributed by atoms with Gasteiger partial charge in [-0.15, -0.1) is 0 Å². The molecule has 2 aromatic rings. The van der Waals surface area contributed by atoms with Crippen LogP contribution in [-0.2, 0) is 0 Å². The first-order valence-corrected chi connectivity index (χ1v) is 3.22. The van der Waals surface area contributed by atoms with Crippen LogP contribution in [0.2, 0.25) is 0 Å². The molecule has 0 radical (unpaired) electrons. The fourth-order valence-corrected chi connectivity index (χ4v) is 0.931. The minimum atomic E-state index is -0.560. The summed E-state index contributed by atoms with van der Waals surface area (Å²) < 4.78 is 6.06. The van der Waals surface area contributed by atoms with E-state index in [2.05, 4.69) is 4.98 Å². The van der Waals surface area contributed by atoms with E-state index < -0.39 is 5.76 Å². The molecule has 2 rings (SSSR count). The summed E-state index contributed by atoms with van der Waals surface area (Å²) in [6.07, 6.45) is 1.71. The fraction of sp³-hybridized carbons (Fsp3) is 0.143. The van der Waals surface area contributed by atoms with Gasteiger partial charge in [-0.1, -0.05) is 6.07 Å². The van der Waals surface area contributed by atoms with Crippen molar-refractivity contribution in [3.8, 4) is 0 Å². The van der Waals surface area contributed by atoms with E-state index in [-0.39, 0.29) is 0 Å². The number of hydrogen-bond acceptors (Lipinski definition) is 3. The smallest absolute Gasteiger partial charge is 0.314 e. The molecule has 0 fully saturated rings. The molecule has 0 N–H and O–H groups in total. The van der Waals surface area contributed by atoms with Crippen LogP contribution in [-0.4, -0.2) is 9.56 Å². The van der Waals surface area contributed by atoms with Crippen molar-refractivity contribution >= 4 is 5.65 Å². The van der Waals surface area contributed by atoms with Crippen molar-refractivity contribution in [3.63, 3.8) is 0 Å². The summed E-state index contributed by atoms with van der Waals surface area (Å²) in [5.41, 5.74) is 1.57. The summed E-state index contributed by atoms with van der Waals surface area (Å²) in [6.45, 7) is 1.92. The lowest BCUT2D eigenvalue weighted by molar-refractivity contribution is 0.344. The third-order valence-corrected chi connectivity index (χ3v) is 1.42. The lowest BCUT2D eigenvalue weighted by atomic mass is 10.3. The van der Waals surface area contributed by atoms with Gasteiger partial charge in [0.05, 0.1) is 0 Å². The van der Waals surface area contributed by atoms with Crippen molar-refractivity contribution < 1.29 is 4.52 Å². The molecule has 4 heteroatoms. The number of hydrogen-bond donors (Lipinski definition) is 0. The van der Waals surface area contributed by atoms with Gasteiger partial charge in [-0.25, -0.2) is 4.79 Å². The van der Waals surface area contributed by atoms with Crippen LogP contribution in [0.15, 0.2) is 27.6 Å². The van der Waals surface area contributed by atoms with E-state index >= 15 is 0 Å². The third kappa shape index (κ3) is 0.920. The van der Waals surface area contributed by atoms with Crippen molar-refractivity contribution in [1.82, 2.24) is 9.56 Å². The van der Waals surface area contributed by atoms with Crippen molar-refractivity contribution in [1.29, 1.82) is 0 Å². The molecule has 0 aliphatic heterocycles. The molecule has 0 spiro atoms. The molecule has 0 amide bonds. The summed E-state index contributed by atoms with van der Waals surface area (Å²) in [5, 5.41) is 0. The number of pyridine rings is 1. The maximum Gasteiger partial charge on any atom is 0.460 e. The highest BCUT2D eigenvalue weighted by Crippen LogP contribution is 1.99. The van der Waals surface area contributed by atoms with E-state index in [1.807, 2.05) is 13.0 Å². The summed E-state index contributed by atoms with van der Waals surface area (Å²) in [7, 11) is 0. The van der Waals surface area contributed by atoms with Crippen LogP contribution in [0.3, 0.4) is 0 Å². The van der Waals surface area contributed by atoms with Crippen molar-refractivity contribution in [2.45, 2.75) is 6.92 Å². The number of aromatic nitrogens is 2. The number of fused-ring (bicyclic) bond motifs is 1. The Morgan fingerprint density at radius 2 is 2.36 bits per heavy atom. The lowest BCUT2D eigenvalue weighted by Gasteiger charge is -1.90. The Hall–Kier alpha value is -1.58. The highest BCUT2D eigenvalue weighted by molar-refractivity contribution is 5.35. The molecule has 11 heavy (non-hydrogen) atoms. The quantitative estimate of drug-likeness (QED) is 0.552. The van der Waals surface area contributed by atoms with Gasteiger partial charge in [0.1, 0.15) is 0 Å². The molecule has 0 aromatic carbocycles. The van der Waals surface area contributed by atoms with Gasteiger partial charge >= 0.3 is 5.76 Å². The highest BCUT2D eigenvalue weighted by atomic mass is 16.5. The largest absolute Gasteiger partial charge is 0.460 e. The first kappa shape index (κ1) is 6.15. The summed E-state index contributed by atoms with van der Waals surface area (Å²) in [5.74, 6) is -0.560. The first-order chi connectivity index (χ1) is 5.25. The van der Waals surface area contributed by atoms with Gasteiger partial charge in [0, 0.05) is 6.20 Å². The van der Waals surface area contributed by atoms with Gasteiger partial charge in [-0.2, -0.15) is 9.56 Å². The maximum absolute atomic E-state index is 10.6. The SMILES string of the molecule is Cc1ccc2nc(=O)on2c1. The van der Waals surface area contributed by atoms with E-state index in [1.54, 1.807) is 12.3 Å². The van der Waals surface area contributed by atoms with Crippen LogP contribution < -0.4 is 5.76 Å². The Balaban J connectivity index is 2.92. The molecule has 0 bridgehead atoms. The van der Waals surface area contributed by atoms with Gasteiger partial charge < -0.3 is 4.52 Å². The van der Waals surface area contributed by atoms with E-state index in [1.165, 1.54) is 4.57 Å². The Morgan fingerprint density at radius 3 is 3.18 bits per heavy atom. The molecule has 2 heterocycles. The second-order valence-electron chi connectivity index (χ2n) is 2.36. The molecule has 0 atom stereocenters. The van der Waals surface area contributed by atoms with Crippen LogP contribution in [0.4, 0.5) is 0 Å². The maximum atomic E-state index is 10.6. The molecule has 0 saturated carbocycles. The Morgan fingerprint density at radius 1 is 1.55 bits per heavy atom. The number of nitrogens with zero attached hydrogens (tertiary/aromatic N) is 2. The van der Waals surface area contributed by atoms with Crippen LogP contribution in [0.5, 0.6) is 0 Å². The van der Waals surface area contributed by atoms with Gasteiger partial charge in [-0.3, -0.25) is 0 Å². The number of rotatable bonds is 0. The van der Waals surface area contributed by atoms with Crippen LogP contribution >= 0.6 is 0 Å². The van der Waals surface area contributed by atoms with Gasteiger partial charge in [-0.05, 0) is 18.6 Å². The van der Waals surface area contributed by atoms with E-state index in [0.717, 1.165) is 5.56 Å². The van der Waals surface area contributed by atoms with Crippen molar-refractivity contribution in [3.05, 3.63) is 34.4 Å². The monoisotopic (exact) mass is 150 g/mol. The predicted octanol–water partition coefficient (Wildman–Crippen LogP) is 0.596. The van der Waals surface area contributed by atoms with E-state index in [4.69, 9.17) is 4.52 Å². The Labute approximate surface area is 62.1 Å². The molecule has 56 valence electrons. The molecule has 2 aromatic heterocycles. The molecule has 0 aliphatic rings. The van der Waals surface area contributed by atoms with Crippen LogP contribution in [0.1, 0.15) is 5.56 Å². The third-order valence-electron chi connectivity index (χ3n) is 1.42. The zero-order chi connectivity index (χ0) is 7.84. The van der Waals surface area contributed by atoms with Crippen molar-refractivity contribution in [2.24, 2.45) is 0 Å². The summed E-state index contributed by atoms with van der Waals surface area (Å²) in [6, 6.07) is 3.61. The zero-order valence-corrected chi connectivity index (χ0v) is 5.94. The average molecular weight is 150 g/mol. The Kier molecular flexibility index (Phi) is 1.09. The average Bonchev–Trinajstić information content (AvgIpc) is 2.27. The molecule has 0 aliphatic carbocycles. The normalized spacial score (nSPS) is 10.6. The van der Waals surface area contributed by atoms with E-state index in [9.17, 15) is 4.79 Å². The van der Waals surface area contributed by atoms with Gasteiger partial charge in [0.25, 0.3) is 0 Å². The minimum absolute atomic E-state index is 0.542. The summed E-state index contributed by atoms with van der Waals surface area (Å²) in [4.78, 5) is 14.2. The van der Waals surface area contributed by atoms with Crippen LogP contribution in [0.25, 0.3) is 5.65 Å². The molecular formula is C7H6N2O2. The highest BCUT2D eigenvalue weighted by Gasteiger charge is 1.97. The fourth-order valence-electron chi connectivity index (χ4n) is 0.931. The van der Waals surface area contributed by atoms with Crippen molar-refractivity contribution in [2.75, 3.05) is 0 Å². The molecule has 0 saturated heterocycles. The molecule has 4 nitrogen and oxygen atoms in total. The number of aryl methyl sites for hydroxylation is 1. The van der Waals surface area contributed by atoms with E-state index in [0.29, 0.717) is 5.65 Å². The Bertz CT molecular complexity index is 441. The summed E-state index contributed by atoms with van der Waals surface area (Å²) >= 11 is 0. The second kappa shape index (κ2) is 1.95. The first-order valence-electron chi connectivity index (χ1n) is 3.22. The predicted molar refractivity (Wildman–Crippen MR) is 38.5 cm³/mol. The lowest BCUT2D eigenvalue weighted by Crippen LogP contribution is -1.93.